The minimum atomic E-state index is -0.421. The first-order valence-corrected chi connectivity index (χ1v) is 10.7. The number of nitrogens with zero attached hydrogens (tertiary/aromatic N) is 5. The van der Waals surface area contributed by atoms with E-state index in [9.17, 15) is 9.50 Å². The Morgan fingerprint density at radius 2 is 1.83 bits per heavy atom. The molecule has 8 nitrogen and oxygen atoms in total. The highest BCUT2D eigenvalue weighted by atomic mass is 19.1. The van der Waals surface area contributed by atoms with Gasteiger partial charge in [-0.25, -0.2) is 19.3 Å². The maximum atomic E-state index is 14.2. The summed E-state index contributed by atoms with van der Waals surface area (Å²) in [4.78, 5) is 18.0. The molecule has 0 saturated heterocycles. The van der Waals surface area contributed by atoms with Crippen LogP contribution >= 0.6 is 0 Å². The molecule has 2 saturated carbocycles. The lowest BCUT2D eigenvalue weighted by Gasteiger charge is -2.26. The van der Waals surface area contributed by atoms with E-state index in [1.54, 1.807) is 18.5 Å². The monoisotopic (exact) mass is 411 g/mol. The molecule has 2 aliphatic carbocycles. The van der Waals surface area contributed by atoms with Gasteiger partial charge >= 0.3 is 0 Å². The highest BCUT2D eigenvalue weighted by molar-refractivity contribution is 5.76. The Balaban J connectivity index is 1.49. The lowest BCUT2D eigenvalue weighted by atomic mass is 9.93. The largest absolute Gasteiger partial charge is 0.393 e. The number of anilines is 3. The average Bonchev–Trinajstić information content (AvgIpc) is 3.38. The first kappa shape index (κ1) is 19.2. The summed E-state index contributed by atoms with van der Waals surface area (Å²) in [6.45, 7) is 0. The highest BCUT2D eigenvalue weighted by Gasteiger charge is 2.25. The molecule has 158 valence electrons. The molecule has 0 bridgehead atoms. The standard InChI is InChI=1S/C21H26FN7O/c22-16-6-3-11-23-18(16)27-21-26-17-12-24-20(25-13-7-9-15(30)10-8-13)28-19(17)29(21)14-4-1-2-5-14/h3,6,11-15,30H,1-2,4-5,7-10H2,(H,23,26,27)(H,24,25,28). The molecule has 3 N–H and O–H groups in total. The normalized spacial score (nSPS) is 22.5. The van der Waals surface area contributed by atoms with Crippen LogP contribution in [0.3, 0.4) is 0 Å². The first-order chi connectivity index (χ1) is 14.7. The van der Waals surface area contributed by atoms with Gasteiger partial charge in [-0.05, 0) is 50.7 Å². The average molecular weight is 411 g/mol. The Morgan fingerprint density at radius 1 is 1.03 bits per heavy atom. The zero-order chi connectivity index (χ0) is 20.5. The molecule has 0 aliphatic heterocycles. The minimum Gasteiger partial charge on any atom is -0.393 e. The summed E-state index contributed by atoms with van der Waals surface area (Å²) in [7, 11) is 0. The smallest absolute Gasteiger partial charge is 0.224 e. The Labute approximate surface area is 174 Å². The van der Waals surface area contributed by atoms with E-state index in [2.05, 4.69) is 30.2 Å². The SMILES string of the molecule is OC1CCC(Nc2ncc3nc(Nc4ncccc4F)n(C4CCCC4)c3n2)CC1. The molecule has 0 aromatic carbocycles. The molecule has 0 amide bonds. The molecule has 0 radical (unpaired) electrons. The van der Waals surface area contributed by atoms with E-state index in [4.69, 9.17) is 4.98 Å². The number of fused-ring (bicyclic) bond motifs is 1. The summed E-state index contributed by atoms with van der Waals surface area (Å²) in [5, 5.41) is 16.2. The van der Waals surface area contributed by atoms with Gasteiger partial charge in [0.05, 0.1) is 12.3 Å². The Kier molecular flexibility index (Phi) is 5.20. The van der Waals surface area contributed by atoms with Crippen molar-refractivity contribution in [2.45, 2.75) is 69.6 Å². The molecule has 3 aromatic heterocycles. The molecule has 0 spiro atoms. The Bertz CT molecular complexity index is 1030. The van der Waals surface area contributed by atoms with Crippen LogP contribution in [0.2, 0.25) is 0 Å². The van der Waals surface area contributed by atoms with Gasteiger partial charge in [0.25, 0.3) is 0 Å². The van der Waals surface area contributed by atoms with Crippen LogP contribution in [0.1, 0.15) is 57.4 Å². The van der Waals surface area contributed by atoms with Crippen molar-refractivity contribution in [3.8, 4) is 0 Å². The van der Waals surface area contributed by atoms with Crippen LogP contribution < -0.4 is 10.6 Å². The van der Waals surface area contributed by atoms with E-state index >= 15 is 0 Å². The van der Waals surface area contributed by atoms with Gasteiger partial charge < -0.3 is 15.7 Å². The van der Waals surface area contributed by atoms with Gasteiger partial charge in [-0.3, -0.25) is 4.57 Å². The summed E-state index contributed by atoms with van der Waals surface area (Å²) >= 11 is 0. The van der Waals surface area contributed by atoms with Gasteiger partial charge in [-0.2, -0.15) is 4.98 Å². The van der Waals surface area contributed by atoms with E-state index in [-0.39, 0.29) is 24.0 Å². The van der Waals surface area contributed by atoms with Crippen molar-refractivity contribution in [3.63, 3.8) is 0 Å². The fourth-order valence-corrected chi connectivity index (χ4v) is 4.54. The topological polar surface area (TPSA) is 101 Å². The fourth-order valence-electron chi connectivity index (χ4n) is 4.54. The van der Waals surface area contributed by atoms with E-state index in [0.717, 1.165) is 57.0 Å². The summed E-state index contributed by atoms with van der Waals surface area (Å²) < 4.78 is 16.3. The van der Waals surface area contributed by atoms with Crippen LogP contribution in [-0.2, 0) is 0 Å². The van der Waals surface area contributed by atoms with Crippen LogP contribution in [-0.4, -0.2) is 41.8 Å². The summed E-state index contributed by atoms with van der Waals surface area (Å²) in [6.07, 6.45) is 10.8. The molecule has 3 aromatic rings. The molecule has 9 heteroatoms. The summed E-state index contributed by atoms with van der Waals surface area (Å²) in [5.74, 6) is 0.843. The maximum Gasteiger partial charge on any atom is 0.224 e. The second-order valence-corrected chi connectivity index (χ2v) is 8.25. The third kappa shape index (κ3) is 3.81. The number of pyridine rings is 1. The number of halogens is 1. The number of aromatic nitrogens is 5. The van der Waals surface area contributed by atoms with E-state index in [0.29, 0.717) is 17.4 Å². The van der Waals surface area contributed by atoms with Crippen LogP contribution in [0.5, 0.6) is 0 Å². The first-order valence-electron chi connectivity index (χ1n) is 10.7. The lowest BCUT2D eigenvalue weighted by molar-refractivity contribution is 0.126. The number of rotatable bonds is 5. The zero-order valence-corrected chi connectivity index (χ0v) is 16.8. The van der Waals surface area contributed by atoms with Gasteiger partial charge in [0.2, 0.25) is 11.9 Å². The van der Waals surface area contributed by atoms with E-state index in [1.807, 2.05) is 0 Å². The van der Waals surface area contributed by atoms with Crippen LogP contribution in [0, 0.1) is 5.82 Å². The third-order valence-electron chi connectivity index (χ3n) is 6.14. The second kappa shape index (κ2) is 8.14. The molecule has 5 rings (SSSR count). The van der Waals surface area contributed by atoms with Gasteiger partial charge in [0.15, 0.2) is 17.3 Å². The lowest BCUT2D eigenvalue weighted by Crippen LogP contribution is -2.29. The van der Waals surface area contributed by atoms with Crippen LogP contribution in [0.15, 0.2) is 24.5 Å². The van der Waals surface area contributed by atoms with Crippen molar-refractivity contribution in [1.29, 1.82) is 0 Å². The van der Waals surface area contributed by atoms with Crippen LogP contribution in [0.25, 0.3) is 11.2 Å². The van der Waals surface area contributed by atoms with Gasteiger partial charge in [0.1, 0.15) is 5.52 Å². The van der Waals surface area contributed by atoms with E-state index in [1.165, 1.54) is 6.07 Å². The molecule has 2 aliphatic rings. The van der Waals surface area contributed by atoms with Gasteiger partial charge in [0, 0.05) is 18.3 Å². The van der Waals surface area contributed by atoms with Crippen LogP contribution in [0.4, 0.5) is 22.1 Å². The van der Waals surface area contributed by atoms with Crippen molar-refractivity contribution in [2.75, 3.05) is 10.6 Å². The number of aliphatic hydroxyl groups excluding tert-OH is 1. The highest BCUT2D eigenvalue weighted by Crippen LogP contribution is 2.36. The second-order valence-electron chi connectivity index (χ2n) is 8.25. The Hall–Kier alpha value is -2.81. The van der Waals surface area contributed by atoms with Crippen molar-refractivity contribution in [2.24, 2.45) is 0 Å². The quantitative estimate of drug-likeness (QED) is 0.585. The molecule has 0 atom stereocenters. The van der Waals surface area contributed by atoms with E-state index < -0.39 is 5.82 Å². The summed E-state index contributed by atoms with van der Waals surface area (Å²) in [6, 6.07) is 3.46. The summed E-state index contributed by atoms with van der Waals surface area (Å²) in [5.41, 5.74) is 1.42. The van der Waals surface area contributed by atoms with Gasteiger partial charge in [-0.15, -0.1) is 0 Å². The molecular formula is C21H26FN7O. The molecular weight excluding hydrogens is 385 g/mol. The van der Waals surface area contributed by atoms with Crippen molar-refractivity contribution in [3.05, 3.63) is 30.3 Å². The number of aliphatic hydroxyl groups is 1. The van der Waals surface area contributed by atoms with Crippen molar-refractivity contribution >= 4 is 28.9 Å². The molecule has 30 heavy (non-hydrogen) atoms. The third-order valence-corrected chi connectivity index (χ3v) is 6.14. The number of hydrogen-bond acceptors (Lipinski definition) is 7. The molecule has 3 heterocycles. The minimum absolute atomic E-state index is 0.152. The molecule has 2 fully saturated rings. The fraction of sp³-hybridized carbons (Fsp3) is 0.524. The predicted molar refractivity (Wildman–Crippen MR) is 112 cm³/mol. The predicted octanol–water partition coefficient (Wildman–Crippen LogP) is 3.93. The van der Waals surface area contributed by atoms with Crippen molar-refractivity contribution < 1.29 is 9.50 Å². The number of imidazole rings is 1. The van der Waals surface area contributed by atoms with Gasteiger partial charge in [-0.1, -0.05) is 12.8 Å². The number of nitrogens with one attached hydrogen (secondary N) is 2. The zero-order valence-electron chi connectivity index (χ0n) is 16.8. The molecule has 0 unspecified atom stereocenters. The number of hydrogen-bond donors (Lipinski definition) is 3. The maximum absolute atomic E-state index is 14.2. The Morgan fingerprint density at radius 3 is 2.60 bits per heavy atom. The van der Waals surface area contributed by atoms with Crippen molar-refractivity contribution in [1.82, 2.24) is 24.5 Å².